The molecule has 0 aliphatic carbocycles. The van der Waals surface area contributed by atoms with Crippen molar-refractivity contribution in [3.63, 3.8) is 0 Å². The first-order chi connectivity index (χ1) is 12.1. The van der Waals surface area contributed by atoms with Gasteiger partial charge in [0, 0.05) is 6.04 Å². The maximum absolute atomic E-state index is 13.4. The van der Waals surface area contributed by atoms with E-state index in [1.165, 1.54) is 30.7 Å². The summed E-state index contributed by atoms with van der Waals surface area (Å²) in [6.07, 6.45) is 5.20. The highest BCUT2D eigenvalue weighted by atomic mass is 19.1. The van der Waals surface area contributed by atoms with Crippen molar-refractivity contribution in [2.45, 2.75) is 50.0 Å². The summed E-state index contributed by atoms with van der Waals surface area (Å²) in [5.74, 6) is -0.536. The number of nitrogens with zero attached hydrogens (tertiary/aromatic N) is 1. The molecule has 25 heavy (non-hydrogen) atoms. The number of rotatable bonds is 4. The Morgan fingerprint density at radius 2 is 1.48 bits per heavy atom. The van der Waals surface area contributed by atoms with Crippen LogP contribution in [0, 0.1) is 11.6 Å². The zero-order chi connectivity index (χ0) is 17.4. The Labute approximate surface area is 147 Å². The molecule has 132 valence electrons. The van der Waals surface area contributed by atoms with E-state index in [1.807, 2.05) is 0 Å². The Hall–Kier alpha value is -1.78. The third-order valence-electron chi connectivity index (χ3n) is 5.85. The highest BCUT2D eigenvalue weighted by Gasteiger charge is 2.49. The molecule has 0 N–H and O–H groups in total. The van der Waals surface area contributed by atoms with E-state index in [0.717, 1.165) is 36.8 Å². The molecule has 2 aliphatic rings. The second-order valence-corrected chi connectivity index (χ2v) is 7.24. The molecule has 2 aliphatic heterocycles. The highest BCUT2D eigenvalue weighted by molar-refractivity contribution is 5.31. The normalized spacial score (nSPS) is 26.3. The van der Waals surface area contributed by atoms with Crippen LogP contribution in [0.3, 0.4) is 0 Å². The number of benzene rings is 2. The Morgan fingerprint density at radius 3 is 2.04 bits per heavy atom. The first-order valence-corrected chi connectivity index (χ1v) is 8.99. The van der Waals surface area contributed by atoms with Gasteiger partial charge < -0.3 is 4.74 Å². The van der Waals surface area contributed by atoms with Crippen molar-refractivity contribution in [2.75, 3.05) is 7.05 Å². The molecule has 2 fully saturated rings. The van der Waals surface area contributed by atoms with Gasteiger partial charge in [-0.1, -0.05) is 24.3 Å². The Bertz CT molecular complexity index is 681. The Balaban J connectivity index is 1.70. The average molecular weight is 343 g/mol. The second kappa shape index (κ2) is 6.50. The van der Waals surface area contributed by atoms with Gasteiger partial charge in [0.2, 0.25) is 0 Å². The first-order valence-electron chi connectivity index (χ1n) is 8.99. The topological polar surface area (TPSA) is 12.5 Å². The summed E-state index contributed by atoms with van der Waals surface area (Å²) in [6.45, 7) is 0. The van der Waals surface area contributed by atoms with Crippen LogP contribution >= 0.6 is 0 Å². The van der Waals surface area contributed by atoms with E-state index in [9.17, 15) is 8.78 Å². The average Bonchev–Trinajstić information content (AvgIpc) is 2.80. The first kappa shape index (κ1) is 16.7. The largest absolute Gasteiger partial charge is 0.348 e. The van der Waals surface area contributed by atoms with E-state index < -0.39 is 0 Å². The molecule has 0 spiro atoms. The predicted octanol–water partition coefficient (Wildman–Crippen LogP) is 5.05. The van der Waals surface area contributed by atoms with Crippen molar-refractivity contribution in [1.29, 1.82) is 0 Å². The summed E-state index contributed by atoms with van der Waals surface area (Å²) in [6, 6.07) is 13.4. The molecule has 0 saturated carbocycles. The van der Waals surface area contributed by atoms with E-state index in [2.05, 4.69) is 11.9 Å². The molecule has 0 aromatic heterocycles. The van der Waals surface area contributed by atoms with Crippen molar-refractivity contribution < 1.29 is 13.5 Å². The Morgan fingerprint density at radius 1 is 0.920 bits per heavy atom. The van der Waals surface area contributed by atoms with Crippen LogP contribution in [-0.4, -0.2) is 23.7 Å². The molecule has 2 aromatic rings. The fraction of sp³-hybridized carbons (Fsp3) is 0.429. The number of fused-ring (bicyclic) bond motifs is 2. The summed E-state index contributed by atoms with van der Waals surface area (Å²) >= 11 is 0. The smallest absolute Gasteiger partial charge is 0.123 e. The third-order valence-corrected chi connectivity index (χ3v) is 5.85. The molecule has 4 heteroatoms. The standard InChI is InChI=1S/C21H23F2NO/c1-24-19-3-2-13-21(24,14-12-19)25-20(15-4-8-17(22)9-5-15)16-6-10-18(23)11-7-16/h4-11,19-20H,2-3,12-14H2,1H3. The Kier molecular flexibility index (Phi) is 4.34. The van der Waals surface area contributed by atoms with Crippen LogP contribution in [0.4, 0.5) is 8.78 Å². The lowest BCUT2D eigenvalue weighted by Crippen LogP contribution is -2.50. The minimum atomic E-state index is -0.333. The lowest BCUT2D eigenvalue weighted by atomic mass is 9.97. The molecular weight excluding hydrogens is 320 g/mol. The SMILES string of the molecule is CN1C2CCCC1(OC(c1ccc(F)cc1)c1ccc(F)cc1)CC2. The van der Waals surface area contributed by atoms with Crippen LogP contribution in [0.25, 0.3) is 0 Å². The van der Waals surface area contributed by atoms with Gasteiger partial charge in [-0.25, -0.2) is 8.78 Å². The lowest BCUT2D eigenvalue weighted by molar-refractivity contribution is -0.176. The number of hydrogen-bond acceptors (Lipinski definition) is 2. The summed E-state index contributed by atoms with van der Waals surface area (Å²) in [5, 5.41) is 0. The van der Waals surface area contributed by atoms with Crippen molar-refractivity contribution in [3.05, 3.63) is 71.3 Å². The minimum absolute atomic E-state index is 0.268. The summed E-state index contributed by atoms with van der Waals surface area (Å²) in [7, 11) is 2.14. The predicted molar refractivity (Wildman–Crippen MR) is 93.1 cm³/mol. The lowest BCUT2D eigenvalue weighted by Gasteiger charge is -2.44. The number of ether oxygens (including phenoxy) is 1. The minimum Gasteiger partial charge on any atom is -0.348 e. The van der Waals surface area contributed by atoms with Crippen molar-refractivity contribution in [1.82, 2.24) is 4.90 Å². The van der Waals surface area contributed by atoms with E-state index in [0.29, 0.717) is 6.04 Å². The quantitative estimate of drug-likeness (QED) is 0.771. The zero-order valence-corrected chi connectivity index (χ0v) is 14.4. The van der Waals surface area contributed by atoms with Gasteiger partial charge in [-0.2, -0.15) is 0 Å². The zero-order valence-electron chi connectivity index (χ0n) is 14.4. The summed E-state index contributed by atoms with van der Waals surface area (Å²) < 4.78 is 33.5. The van der Waals surface area contributed by atoms with Gasteiger partial charge in [-0.05, 0) is 74.5 Å². The van der Waals surface area contributed by atoms with E-state index in [4.69, 9.17) is 4.74 Å². The molecule has 4 rings (SSSR count). The van der Waals surface area contributed by atoms with Gasteiger partial charge in [0.15, 0.2) is 0 Å². The second-order valence-electron chi connectivity index (χ2n) is 7.24. The molecule has 2 atom stereocenters. The number of halogens is 2. The van der Waals surface area contributed by atoms with Crippen LogP contribution in [0.5, 0.6) is 0 Å². The monoisotopic (exact) mass is 343 g/mol. The maximum atomic E-state index is 13.4. The molecule has 0 radical (unpaired) electrons. The van der Waals surface area contributed by atoms with Gasteiger partial charge in [0.05, 0.1) is 0 Å². The van der Waals surface area contributed by atoms with Crippen LogP contribution in [0.1, 0.15) is 49.3 Å². The van der Waals surface area contributed by atoms with Crippen LogP contribution in [0.2, 0.25) is 0 Å². The summed E-state index contributed by atoms with van der Waals surface area (Å²) in [4.78, 5) is 2.37. The molecule has 2 bridgehead atoms. The van der Waals surface area contributed by atoms with Gasteiger partial charge in [0.1, 0.15) is 23.5 Å². The van der Waals surface area contributed by atoms with Crippen molar-refractivity contribution in [2.24, 2.45) is 0 Å². The third kappa shape index (κ3) is 3.09. The molecule has 2 nitrogen and oxygen atoms in total. The van der Waals surface area contributed by atoms with Gasteiger partial charge in [-0.15, -0.1) is 0 Å². The molecule has 2 aromatic carbocycles. The molecule has 2 heterocycles. The van der Waals surface area contributed by atoms with Crippen molar-refractivity contribution in [3.8, 4) is 0 Å². The molecule has 0 amide bonds. The van der Waals surface area contributed by atoms with E-state index in [1.54, 1.807) is 24.3 Å². The van der Waals surface area contributed by atoms with Gasteiger partial charge >= 0.3 is 0 Å². The fourth-order valence-electron chi connectivity index (χ4n) is 4.37. The van der Waals surface area contributed by atoms with Gasteiger partial charge in [0.25, 0.3) is 0 Å². The number of piperidine rings is 1. The number of hydrogen-bond donors (Lipinski definition) is 0. The van der Waals surface area contributed by atoms with Crippen LogP contribution in [0.15, 0.2) is 48.5 Å². The molecular formula is C21H23F2NO. The highest BCUT2D eigenvalue weighted by Crippen LogP contribution is 2.47. The van der Waals surface area contributed by atoms with Crippen LogP contribution in [-0.2, 0) is 4.74 Å². The van der Waals surface area contributed by atoms with E-state index in [-0.39, 0.29) is 23.5 Å². The molecule has 2 saturated heterocycles. The fourth-order valence-corrected chi connectivity index (χ4v) is 4.37. The summed E-state index contributed by atoms with van der Waals surface area (Å²) in [5.41, 5.74) is 1.51. The van der Waals surface area contributed by atoms with E-state index >= 15 is 0 Å². The maximum Gasteiger partial charge on any atom is 0.123 e. The van der Waals surface area contributed by atoms with Gasteiger partial charge in [-0.3, -0.25) is 4.90 Å². The molecule has 2 unspecified atom stereocenters. The van der Waals surface area contributed by atoms with Crippen LogP contribution < -0.4 is 0 Å². The van der Waals surface area contributed by atoms with Crippen molar-refractivity contribution >= 4 is 0 Å².